The standard InChI is InChI=1S/C24H29N7S/c1-14-18(7-10-28-20(14)26)32-23-21(27)30-22(15(2)29-23)31-11-8-24(9-12-31)13-16-5-3-4-6-17(16)19(24)25/h3-7,10,19H,8-9,11-13,25H2,1-2H3,(H2,26,28)(H2,27,30)/t19-/m1/s1. The molecular formula is C24H29N7S. The molecule has 6 N–H and O–H groups in total. The number of nitrogens with two attached hydrogens (primary N) is 3. The van der Waals surface area contributed by atoms with Crippen LogP contribution in [0.2, 0.25) is 0 Å². The van der Waals surface area contributed by atoms with Gasteiger partial charge in [-0.1, -0.05) is 36.0 Å². The van der Waals surface area contributed by atoms with Crippen LogP contribution in [0.15, 0.2) is 46.5 Å². The van der Waals surface area contributed by atoms with Crippen molar-refractivity contribution in [1.82, 2.24) is 15.0 Å². The van der Waals surface area contributed by atoms with Crippen LogP contribution in [0, 0.1) is 19.3 Å². The highest BCUT2D eigenvalue weighted by Crippen LogP contribution is 2.51. The van der Waals surface area contributed by atoms with Crippen molar-refractivity contribution in [3.63, 3.8) is 0 Å². The second-order valence-corrected chi connectivity index (χ2v) is 9.98. The maximum absolute atomic E-state index is 6.73. The van der Waals surface area contributed by atoms with Crippen LogP contribution < -0.4 is 22.1 Å². The van der Waals surface area contributed by atoms with Crippen LogP contribution in [-0.4, -0.2) is 28.0 Å². The fraction of sp³-hybridized carbons (Fsp3) is 0.375. The Hall–Kier alpha value is -2.84. The fourth-order valence-electron chi connectivity index (χ4n) is 5.09. The van der Waals surface area contributed by atoms with Gasteiger partial charge in [-0.3, -0.25) is 0 Å². The molecule has 1 fully saturated rings. The molecule has 1 spiro atoms. The summed E-state index contributed by atoms with van der Waals surface area (Å²) in [6.45, 7) is 5.76. The number of pyridine rings is 1. The maximum atomic E-state index is 6.73. The number of fused-ring (bicyclic) bond motifs is 1. The summed E-state index contributed by atoms with van der Waals surface area (Å²) in [5.41, 5.74) is 23.7. The molecule has 5 rings (SSSR count). The van der Waals surface area contributed by atoms with Gasteiger partial charge in [0.05, 0.1) is 5.69 Å². The lowest BCUT2D eigenvalue weighted by molar-refractivity contribution is 0.187. The molecule has 8 heteroatoms. The van der Waals surface area contributed by atoms with E-state index in [1.165, 1.54) is 22.9 Å². The minimum absolute atomic E-state index is 0.105. The van der Waals surface area contributed by atoms with Crippen LogP contribution in [0.1, 0.15) is 41.3 Å². The molecule has 1 saturated heterocycles. The minimum Gasteiger partial charge on any atom is -0.383 e. The van der Waals surface area contributed by atoms with E-state index in [9.17, 15) is 0 Å². The van der Waals surface area contributed by atoms with Crippen LogP contribution in [0.4, 0.5) is 17.5 Å². The lowest BCUT2D eigenvalue weighted by Crippen LogP contribution is -2.45. The van der Waals surface area contributed by atoms with Crippen molar-refractivity contribution in [2.45, 2.75) is 49.1 Å². The van der Waals surface area contributed by atoms with Gasteiger partial charge in [-0.15, -0.1) is 0 Å². The molecule has 3 heterocycles. The predicted octanol–water partition coefficient (Wildman–Crippen LogP) is 3.65. The van der Waals surface area contributed by atoms with Gasteiger partial charge in [-0.25, -0.2) is 15.0 Å². The molecule has 166 valence electrons. The number of nitrogens with zero attached hydrogens (tertiary/aromatic N) is 4. The zero-order valence-corrected chi connectivity index (χ0v) is 19.3. The van der Waals surface area contributed by atoms with E-state index < -0.39 is 0 Å². The average Bonchev–Trinajstić information content (AvgIpc) is 3.06. The predicted molar refractivity (Wildman–Crippen MR) is 130 cm³/mol. The number of rotatable bonds is 3. The van der Waals surface area contributed by atoms with E-state index in [1.54, 1.807) is 6.20 Å². The highest BCUT2D eigenvalue weighted by atomic mass is 32.2. The van der Waals surface area contributed by atoms with Crippen molar-refractivity contribution in [3.8, 4) is 0 Å². The van der Waals surface area contributed by atoms with Gasteiger partial charge in [0.2, 0.25) is 0 Å². The van der Waals surface area contributed by atoms with Gasteiger partial charge < -0.3 is 22.1 Å². The van der Waals surface area contributed by atoms with Crippen molar-refractivity contribution < 1.29 is 0 Å². The molecule has 1 aliphatic carbocycles. The number of benzene rings is 1. The van der Waals surface area contributed by atoms with E-state index in [0.717, 1.165) is 54.3 Å². The highest BCUT2D eigenvalue weighted by molar-refractivity contribution is 7.99. The molecule has 0 saturated carbocycles. The van der Waals surface area contributed by atoms with Crippen LogP contribution in [-0.2, 0) is 6.42 Å². The Morgan fingerprint density at radius 3 is 2.53 bits per heavy atom. The van der Waals surface area contributed by atoms with Crippen molar-refractivity contribution in [2.75, 3.05) is 29.5 Å². The SMILES string of the molecule is Cc1nc(Sc2ccnc(N)c2C)c(N)nc1N1CCC2(CC1)Cc1ccccc1[C@H]2N. The highest BCUT2D eigenvalue weighted by Gasteiger charge is 2.46. The molecule has 0 amide bonds. The van der Waals surface area contributed by atoms with Gasteiger partial charge >= 0.3 is 0 Å². The quantitative estimate of drug-likeness (QED) is 0.556. The van der Waals surface area contributed by atoms with Gasteiger partial charge in [-0.05, 0) is 55.7 Å². The van der Waals surface area contributed by atoms with E-state index in [0.29, 0.717) is 16.7 Å². The largest absolute Gasteiger partial charge is 0.383 e. The van der Waals surface area contributed by atoms with Crippen LogP contribution >= 0.6 is 11.8 Å². The van der Waals surface area contributed by atoms with Crippen molar-refractivity contribution in [2.24, 2.45) is 11.1 Å². The third kappa shape index (κ3) is 3.47. The second-order valence-electron chi connectivity index (χ2n) is 8.95. The van der Waals surface area contributed by atoms with E-state index >= 15 is 0 Å². The molecule has 1 aromatic carbocycles. The number of anilines is 3. The van der Waals surface area contributed by atoms with Gasteiger partial charge in [0.15, 0.2) is 11.6 Å². The van der Waals surface area contributed by atoms with E-state index in [4.69, 9.17) is 27.2 Å². The van der Waals surface area contributed by atoms with Crippen molar-refractivity contribution in [1.29, 1.82) is 0 Å². The van der Waals surface area contributed by atoms with Crippen molar-refractivity contribution >= 4 is 29.2 Å². The lowest BCUT2D eigenvalue weighted by Gasteiger charge is -2.42. The zero-order valence-electron chi connectivity index (χ0n) is 18.5. The minimum atomic E-state index is 0.105. The van der Waals surface area contributed by atoms with Gasteiger partial charge in [0.1, 0.15) is 10.8 Å². The van der Waals surface area contributed by atoms with E-state index in [1.807, 2.05) is 19.9 Å². The summed E-state index contributed by atoms with van der Waals surface area (Å²) in [6.07, 6.45) is 4.84. The Balaban J connectivity index is 1.34. The summed E-state index contributed by atoms with van der Waals surface area (Å²) in [5.74, 6) is 1.83. The molecule has 2 aromatic heterocycles. The zero-order chi connectivity index (χ0) is 22.5. The molecule has 1 atom stereocenters. The third-order valence-corrected chi connectivity index (χ3v) is 8.25. The Morgan fingerprint density at radius 1 is 1.03 bits per heavy atom. The molecule has 0 bridgehead atoms. The van der Waals surface area contributed by atoms with Crippen LogP contribution in [0.3, 0.4) is 0 Å². The Kier molecular flexibility index (Phi) is 5.22. The normalized spacial score (nSPS) is 19.3. The number of aryl methyl sites for hydroxylation is 1. The smallest absolute Gasteiger partial charge is 0.158 e. The molecule has 32 heavy (non-hydrogen) atoms. The topological polar surface area (TPSA) is 120 Å². The van der Waals surface area contributed by atoms with Gasteiger partial charge in [-0.2, -0.15) is 0 Å². The van der Waals surface area contributed by atoms with Gasteiger partial charge in [0, 0.05) is 35.8 Å². The molecule has 2 aliphatic rings. The van der Waals surface area contributed by atoms with Gasteiger partial charge in [0.25, 0.3) is 0 Å². The molecule has 3 aromatic rings. The Labute approximate surface area is 192 Å². The second kappa shape index (κ2) is 7.94. The first kappa shape index (κ1) is 21.0. The van der Waals surface area contributed by atoms with E-state index in [2.05, 4.69) is 34.1 Å². The molecular weight excluding hydrogens is 418 g/mol. The monoisotopic (exact) mass is 447 g/mol. The summed E-state index contributed by atoms with van der Waals surface area (Å²) < 4.78 is 0. The number of aromatic nitrogens is 3. The molecule has 7 nitrogen and oxygen atoms in total. The number of hydrogen-bond acceptors (Lipinski definition) is 8. The summed E-state index contributed by atoms with van der Waals surface area (Å²) in [5, 5.41) is 0.696. The third-order valence-electron chi connectivity index (χ3n) is 7.09. The number of piperidine rings is 1. The van der Waals surface area contributed by atoms with E-state index in [-0.39, 0.29) is 11.5 Å². The number of hydrogen-bond donors (Lipinski definition) is 3. The van der Waals surface area contributed by atoms with Crippen LogP contribution in [0.25, 0.3) is 0 Å². The first-order valence-corrected chi connectivity index (χ1v) is 11.8. The summed E-state index contributed by atoms with van der Waals surface area (Å²) in [7, 11) is 0. The maximum Gasteiger partial charge on any atom is 0.158 e. The van der Waals surface area contributed by atoms with Crippen molar-refractivity contribution in [3.05, 3.63) is 58.9 Å². The molecule has 0 unspecified atom stereocenters. The molecule has 1 aliphatic heterocycles. The summed E-state index contributed by atoms with van der Waals surface area (Å²) in [4.78, 5) is 17.0. The lowest BCUT2D eigenvalue weighted by atomic mass is 9.73. The first-order chi connectivity index (χ1) is 15.4. The Morgan fingerprint density at radius 2 is 1.78 bits per heavy atom. The molecule has 0 radical (unpaired) electrons. The average molecular weight is 448 g/mol. The van der Waals surface area contributed by atoms with Crippen LogP contribution in [0.5, 0.6) is 0 Å². The number of nitrogen functional groups attached to an aromatic ring is 2. The summed E-state index contributed by atoms with van der Waals surface area (Å²) in [6, 6.07) is 10.6. The first-order valence-electron chi connectivity index (χ1n) is 11.0. The fourth-order valence-corrected chi connectivity index (χ4v) is 6.02. The summed E-state index contributed by atoms with van der Waals surface area (Å²) >= 11 is 1.48. The Bertz CT molecular complexity index is 1170.